The van der Waals surface area contributed by atoms with Gasteiger partial charge in [-0.05, 0) is 64.7 Å². The Kier molecular flexibility index (Phi) is 2.67. The molecule has 2 fully saturated rings. The van der Waals surface area contributed by atoms with Gasteiger partial charge < -0.3 is 10.5 Å². The van der Waals surface area contributed by atoms with Crippen LogP contribution < -0.4 is 5.73 Å². The number of nitrogens with two attached hydrogens (primary N) is 1. The van der Waals surface area contributed by atoms with Crippen molar-refractivity contribution < 1.29 is 4.74 Å². The Labute approximate surface area is 99.9 Å². The van der Waals surface area contributed by atoms with Gasteiger partial charge in [-0.25, -0.2) is 0 Å². The first kappa shape index (κ1) is 12.4. The Morgan fingerprint density at radius 2 is 1.69 bits per heavy atom. The molecule has 94 valence electrons. The van der Waals surface area contributed by atoms with Gasteiger partial charge >= 0.3 is 0 Å². The molecule has 1 saturated carbocycles. The van der Waals surface area contributed by atoms with Crippen molar-refractivity contribution in [1.29, 1.82) is 0 Å². The van der Waals surface area contributed by atoms with Crippen molar-refractivity contribution >= 4 is 0 Å². The zero-order valence-electron chi connectivity index (χ0n) is 11.5. The topological polar surface area (TPSA) is 35.2 Å². The molecule has 2 N–H and O–H groups in total. The molecule has 2 nitrogen and oxygen atoms in total. The van der Waals surface area contributed by atoms with E-state index in [0.717, 1.165) is 0 Å². The molecule has 3 unspecified atom stereocenters. The van der Waals surface area contributed by atoms with Crippen LogP contribution in [0.1, 0.15) is 60.3 Å². The minimum atomic E-state index is 0.00229. The van der Waals surface area contributed by atoms with Crippen LogP contribution in [-0.4, -0.2) is 17.2 Å². The predicted octanol–water partition coefficient (Wildman–Crippen LogP) is 3.10. The summed E-state index contributed by atoms with van der Waals surface area (Å²) in [6.45, 7) is 11.3. The highest BCUT2D eigenvalue weighted by atomic mass is 16.5. The van der Waals surface area contributed by atoms with Crippen LogP contribution in [0.4, 0.5) is 0 Å². The van der Waals surface area contributed by atoms with Gasteiger partial charge in [0.15, 0.2) is 0 Å². The highest BCUT2D eigenvalue weighted by molar-refractivity contribution is 5.04. The van der Waals surface area contributed by atoms with E-state index >= 15 is 0 Å². The first-order valence-corrected chi connectivity index (χ1v) is 6.60. The van der Waals surface area contributed by atoms with Gasteiger partial charge in [0.05, 0.1) is 11.2 Å². The van der Waals surface area contributed by atoms with E-state index in [0.29, 0.717) is 17.4 Å². The van der Waals surface area contributed by atoms with Gasteiger partial charge in [0, 0.05) is 6.04 Å². The number of hydrogen-bond donors (Lipinski definition) is 1. The average Bonchev–Trinajstić information content (AvgIpc) is 2.51. The van der Waals surface area contributed by atoms with E-state index in [2.05, 4.69) is 34.6 Å². The summed E-state index contributed by atoms with van der Waals surface area (Å²) in [5.74, 6) is 0.642. The van der Waals surface area contributed by atoms with E-state index in [1.54, 1.807) is 0 Å². The fraction of sp³-hybridized carbons (Fsp3) is 1.00. The van der Waals surface area contributed by atoms with Crippen LogP contribution in [0, 0.1) is 11.3 Å². The first-order valence-electron chi connectivity index (χ1n) is 6.60. The number of ether oxygens (including phenoxy) is 1. The molecule has 16 heavy (non-hydrogen) atoms. The maximum absolute atomic E-state index is 6.22. The monoisotopic (exact) mass is 225 g/mol. The lowest BCUT2D eigenvalue weighted by Gasteiger charge is -2.39. The van der Waals surface area contributed by atoms with Crippen molar-refractivity contribution in [2.24, 2.45) is 17.1 Å². The van der Waals surface area contributed by atoms with Gasteiger partial charge in [0.2, 0.25) is 0 Å². The average molecular weight is 225 g/mol. The van der Waals surface area contributed by atoms with Gasteiger partial charge in [-0.3, -0.25) is 0 Å². The van der Waals surface area contributed by atoms with Gasteiger partial charge in [-0.1, -0.05) is 6.92 Å². The normalized spacial score (nSPS) is 46.1. The maximum atomic E-state index is 6.22. The SMILES string of the molecule is CC1(C)CC(C2(C)CCC(N)C2)C(C)(C)O1. The van der Waals surface area contributed by atoms with Crippen molar-refractivity contribution in [3.63, 3.8) is 0 Å². The quantitative estimate of drug-likeness (QED) is 0.744. The summed E-state index contributed by atoms with van der Waals surface area (Å²) >= 11 is 0. The van der Waals surface area contributed by atoms with Crippen LogP contribution in [0.25, 0.3) is 0 Å². The van der Waals surface area contributed by atoms with Gasteiger partial charge in [-0.15, -0.1) is 0 Å². The first-order chi connectivity index (χ1) is 7.15. The third kappa shape index (κ3) is 2.02. The molecule has 1 aliphatic heterocycles. The molecular formula is C14H27NO. The second-order valence-corrected chi connectivity index (χ2v) is 7.38. The fourth-order valence-corrected chi connectivity index (χ4v) is 4.28. The molecule has 0 aromatic heterocycles. The lowest BCUT2D eigenvalue weighted by atomic mass is 9.67. The fourth-order valence-electron chi connectivity index (χ4n) is 4.28. The van der Waals surface area contributed by atoms with Crippen molar-refractivity contribution in [3.8, 4) is 0 Å². The molecule has 2 heteroatoms. The number of rotatable bonds is 1. The second-order valence-electron chi connectivity index (χ2n) is 7.38. The maximum Gasteiger partial charge on any atom is 0.0668 e. The van der Waals surface area contributed by atoms with Crippen LogP contribution in [0.5, 0.6) is 0 Å². The summed E-state index contributed by atoms with van der Waals surface area (Å²) in [7, 11) is 0. The van der Waals surface area contributed by atoms with Crippen molar-refractivity contribution in [3.05, 3.63) is 0 Å². The summed E-state index contributed by atoms with van der Waals surface area (Å²) in [5, 5.41) is 0. The Balaban J connectivity index is 2.21. The third-order valence-electron chi connectivity index (χ3n) is 4.73. The van der Waals surface area contributed by atoms with Crippen molar-refractivity contribution in [2.45, 2.75) is 77.5 Å². The van der Waals surface area contributed by atoms with Gasteiger partial charge in [0.1, 0.15) is 0 Å². The Morgan fingerprint density at radius 1 is 1.06 bits per heavy atom. The summed E-state index contributed by atoms with van der Waals surface area (Å²) in [4.78, 5) is 0. The van der Waals surface area contributed by atoms with Crippen LogP contribution in [-0.2, 0) is 4.74 Å². The predicted molar refractivity (Wildman–Crippen MR) is 67.3 cm³/mol. The Morgan fingerprint density at radius 3 is 2.06 bits per heavy atom. The van der Waals surface area contributed by atoms with Crippen LogP contribution >= 0.6 is 0 Å². The van der Waals surface area contributed by atoms with Crippen LogP contribution in [0.2, 0.25) is 0 Å². The molecule has 2 aliphatic rings. The van der Waals surface area contributed by atoms with E-state index in [1.807, 2.05) is 0 Å². The lowest BCUT2D eigenvalue weighted by molar-refractivity contribution is -0.0878. The molecule has 0 radical (unpaired) electrons. The molecule has 0 aromatic carbocycles. The summed E-state index contributed by atoms with van der Waals surface area (Å²) in [6.07, 6.45) is 4.79. The van der Waals surface area contributed by atoms with Crippen molar-refractivity contribution in [1.82, 2.24) is 0 Å². The highest BCUT2D eigenvalue weighted by Gasteiger charge is 2.54. The summed E-state index contributed by atoms with van der Waals surface area (Å²) in [5.41, 5.74) is 6.51. The second kappa shape index (κ2) is 3.46. The molecule has 0 aromatic rings. The minimum Gasteiger partial charge on any atom is -0.369 e. The molecule has 0 bridgehead atoms. The molecule has 1 aliphatic carbocycles. The van der Waals surface area contributed by atoms with Gasteiger partial charge in [0.25, 0.3) is 0 Å². The zero-order chi connectivity index (χ0) is 12.2. The summed E-state index contributed by atoms with van der Waals surface area (Å²) in [6, 6.07) is 0.407. The largest absolute Gasteiger partial charge is 0.369 e. The Hall–Kier alpha value is -0.0800. The zero-order valence-corrected chi connectivity index (χ0v) is 11.5. The smallest absolute Gasteiger partial charge is 0.0668 e. The highest BCUT2D eigenvalue weighted by Crippen LogP contribution is 2.56. The molecule has 0 spiro atoms. The Bertz CT molecular complexity index is 284. The van der Waals surface area contributed by atoms with Crippen LogP contribution in [0.15, 0.2) is 0 Å². The minimum absolute atomic E-state index is 0.00229. The molecule has 0 amide bonds. The summed E-state index contributed by atoms with van der Waals surface area (Å²) < 4.78 is 6.22. The van der Waals surface area contributed by atoms with Crippen molar-refractivity contribution in [2.75, 3.05) is 0 Å². The standard InChI is InChI=1S/C14H27NO/c1-12(2)9-11(13(3,4)16-12)14(5)7-6-10(15)8-14/h10-11H,6-9,15H2,1-5H3. The molecule has 1 heterocycles. The van der Waals surface area contributed by atoms with E-state index in [-0.39, 0.29) is 11.2 Å². The molecule has 1 saturated heterocycles. The van der Waals surface area contributed by atoms with E-state index in [1.165, 1.54) is 25.7 Å². The molecular weight excluding hydrogens is 198 g/mol. The third-order valence-corrected chi connectivity index (χ3v) is 4.73. The van der Waals surface area contributed by atoms with E-state index in [4.69, 9.17) is 10.5 Å². The van der Waals surface area contributed by atoms with E-state index in [9.17, 15) is 0 Å². The number of hydrogen-bond acceptors (Lipinski definition) is 2. The molecule has 2 rings (SSSR count). The molecule has 3 atom stereocenters. The van der Waals surface area contributed by atoms with Gasteiger partial charge in [-0.2, -0.15) is 0 Å². The van der Waals surface area contributed by atoms with E-state index < -0.39 is 0 Å². The van der Waals surface area contributed by atoms with Crippen LogP contribution in [0.3, 0.4) is 0 Å². The lowest BCUT2D eigenvalue weighted by Crippen LogP contribution is -2.39.